The summed E-state index contributed by atoms with van der Waals surface area (Å²) >= 11 is 7.10. The van der Waals surface area contributed by atoms with Crippen LogP contribution in [0.15, 0.2) is 24.3 Å². The fourth-order valence-corrected chi connectivity index (χ4v) is 2.68. The minimum Gasteiger partial charge on any atom is -0.350 e. The Bertz CT molecular complexity index is 467. The Hall–Kier alpha value is -1.20. The van der Waals surface area contributed by atoms with E-state index in [4.69, 9.17) is 11.6 Å². The molecule has 1 aromatic rings. The van der Waals surface area contributed by atoms with Gasteiger partial charge < -0.3 is 10.2 Å². The molecule has 0 saturated carbocycles. The van der Waals surface area contributed by atoms with E-state index in [-0.39, 0.29) is 17.7 Å². The number of nitrogens with one attached hydrogen (secondary N) is 1. The zero-order chi connectivity index (χ0) is 13.0. The fourth-order valence-electron chi connectivity index (χ4n) is 1.65. The molecule has 0 atom stereocenters. The zero-order valence-corrected chi connectivity index (χ0v) is 11.3. The average molecular weight is 285 g/mol. The number of thioether (sulfide) groups is 1. The van der Waals surface area contributed by atoms with Crippen molar-refractivity contribution < 1.29 is 9.59 Å². The van der Waals surface area contributed by atoms with Crippen molar-refractivity contribution >= 4 is 34.5 Å². The number of carbonyl (C=O) groups is 2. The summed E-state index contributed by atoms with van der Waals surface area (Å²) in [5.74, 6) is 0.617. The van der Waals surface area contributed by atoms with Crippen LogP contribution in [-0.4, -0.2) is 34.9 Å². The summed E-state index contributed by atoms with van der Waals surface area (Å²) < 4.78 is 0. The molecule has 1 saturated heterocycles. The molecule has 1 heterocycles. The standard InChI is InChI=1S/C12H13ClN2O2S/c13-10-3-1-2-9(6-10)7-14-11(16)8-15-4-5-18-12(15)17/h1-3,6H,4-5,7-8H2,(H,14,16). The molecule has 1 aliphatic heterocycles. The first-order chi connectivity index (χ1) is 8.65. The molecular weight excluding hydrogens is 272 g/mol. The van der Waals surface area contributed by atoms with Gasteiger partial charge >= 0.3 is 0 Å². The lowest BCUT2D eigenvalue weighted by molar-refractivity contribution is -0.121. The minimum atomic E-state index is -0.147. The summed E-state index contributed by atoms with van der Waals surface area (Å²) in [6.07, 6.45) is 0. The lowest BCUT2D eigenvalue weighted by Crippen LogP contribution is -2.36. The average Bonchev–Trinajstić information content (AvgIpc) is 2.73. The van der Waals surface area contributed by atoms with Gasteiger partial charge in [-0.25, -0.2) is 0 Å². The Morgan fingerprint density at radius 1 is 1.50 bits per heavy atom. The van der Waals surface area contributed by atoms with Crippen LogP contribution in [0.5, 0.6) is 0 Å². The van der Waals surface area contributed by atoms with Crippen molar-refractivity contribution in [2.45, 2.75) is 6.54 Å². The van der Waals surface area contributed by atoms with Gasteiger partial charge in [-0.15, -0.1) is 0 Å². The Balaban J connectivity index is 1.79. The molecule has 18 heavy (non-hydrogen) atoms. The summed E-state index contributed by atoms with van der Waals surface area (Å²) in [5, 5.41) is 3.40. The van der Waals surface area contributed by atoms with Crippen molar-refractivity contribution in [1.29, 1.82) is 0 Å². The summed E-state index contributed by atoms with van der Waals surface area (Å²) in [5.41, 5.74) is 0.943. The Kier molecular flexibility index (Phi) is 4.49. The SMILES string of the molecule is O=C(CN1CCSC1=O)NCc1cccc(Cl)c1. The molecule has 6 heteroatoms. The van der Waals surface area contributed by atoms with Crippen molar-refractivity contribution in [1.82, 2.24) is 10.2 Å². The normalized spacial score (nSPS) is 14.9. The van der Waals surface area contributed by atoms with Gasteiger partial charge in [-0.3, -0.25) is 9.59 Å². The van der Waals surface area contributed by atoms with Gasteiger partial charge in [-0.2, -0.15) is 0 Å². The maximum absolute atomic E-state index is 11.7. The van der Waals surface area contributed by atoms with Gasteiger partial charge in [0.25, 0.3) is 5.24 Å². The smallest absolute Gasteiger partial charge is 0.282 e. The quantitative estimate of drug-likeness (QED) is 0.921. The summed E-state index contributed by atoms with van der Waals surface area (Å²) in [6, 6.07) is 7.32. The molecule has 96 valence electrons. The van der Waals surface area contributed by atoms with E-state index >= 15 is 0 Å². The van der Waals surface area contributed by atoms with Gasteiger partial charge in [0, 0.05) is 23.9 Å². The Morgan fingerprint density at radius 3 is 3.00 bits per heavy atom. The van der Waals surface area contributed by atoms with E-state index in [1.807, 2.05) is 12.1 Å². The summed E-state index contributed by atoms with van der Waals surface area (Å²) in [6.45, 7) is 1.20. The summed E-state index contributed by atoms with van der Waals surface area (Å²) in [7, 11) is 0. The van der Waals surface area contributed by atoms with Crippen LogP contribution in [0, 0.1) is 0 Å². The number of benzene rings is 1. The maximum atomic E-state index is 11.7. The molecule has 0 radical (unpaired) electrons. The van der Waals surface area contributed by atoms with Crippen molar-refractivity contribution in [3.05, 3.63) is 34.9 Å². The first-order valence-electron chi connectivity index (χ1n) is 5.58. The number of carbonyl (C=O) groups excluding carboxylic acids is 2. The second kappa shape index (κ2) is 6.11. The number of halogens is 1. The van der Waals surface area contributed by atoms with Crippen LogP contribution < -0.4 is 5.32 Å². The van der Waals surface area contributed by atoms with Crippen LogP contribution in [0.2, 0.25) is 5.02 Å². The number of hydrogen-bond acceptors (Lipinski definition) is 3. The van der Waals surface area contributed by atoms with Crippen molar-refractivity contribution in [2.24, 2.45) is 0 Å². The highest BCUT2D eigenvalue weighted by molar-refractivity contribution is 8.13. The largest absolute Gasteiger partial charge is 0.350 e. The van der Waals surface area contributed by atoms with Crippen molar-refractivity contribution in [3.63, 3.8) is 0 Å². The van der Waals surface area contributed by atoms with Crippen LogP contribution in [-0.2, 0) is 11.3 Å². The molecule has 0 spiro atoms. The van der Waals surface area contributed by atoms with Crippen LogP contribution in [0.25, 0.3) is 0 Å². The minimum absolute atomic E-state index is 0.0205. The number of rotatable bonds is 4. The highest BCUT2D eigenvalue weighted by Crippen LogP contribution is 2.16. The van der Waals surface area contributed by atoms with Crippen molar-refractivity contribution in [3.8, 4) is 0 Å². The van der Waals surface area contributed by atoms with Gasteiger partial charge in [0.15, 0.2) is 0 Å². The van der Waals surface area contributed by atoms with Gasteiger partial charge in [-0.1, -0.05) is 35.5 Å². The monoisotopic (exact) mass is 284 g/mol. The van der Waals surface area contributed by atoms with Crippen LogP contribution in [0.4, 0.5) is 4.79 Å². The highest BCUT2D eigenvalue weighted by Gasteiger charge is 2.22. The molecule has 1 fully saturated rings. The van der Waals surface area contributed by atoms with E-state index in [1.165, 1.54) is 11.8 Å². The van der Waals surface area contributed by atoms with E-state index in [0.29, 0.717) is 18.1 Å². The Labute approximate surface area is 115 Å². The predicted octanol–water partition coefficient (Wildman–Crippen LogP) is 2.12. The first kappa shape index (κ1) is 13.2. The zero-order valence-electron chi connectivity index (χ0n) is 9.69. The van der Waals surface area contributed by atoms with Gasteiger partial charge in [0.1, 0.15) is 6.54 Å². The third-order valence-electron chi connectivity index (χ3n) is 2.56. The van der Waals surface area contributed by atoms with Gasteiger partial charge in [0.05, 0.1) is 0 Å². The topological polar surface area (TPSA) is 49.4 Å². The number of hydrogen-bond donors (Lipinski definition) is 1. The molecule has 1 aromatic carbocycles. The fraction of sp³-hybridized carbons (Fsp3) is 0.333. The summed E-state index contributed by atoms with van der Waals surface area (Å²) in [4.78, 5) is 24.5. The molecule has 0 bridgehead atoms. The molecule has 0 aromatic heterocycles. The lowest BCUT2D eigenvalue weighted by atomic mass is 10.2. The molecule has 1 aliphatic rings. The number of nitrogens with zero attached hydrogens (tertiary/aromatic N) is 1. The molecule has 0 aliphatic carbocycles. The third-order valence-corrected chi connectivity index (χ3v) is 3.69. The number of amides is 2. The van der Waals surface area contributed by atoms with Crippen LogP contribution in [0.1, 0.15) is 5.56 Å². The second-order valence-electron chi connectivity index (χ2n) is 3.94. The van der Waals surface area contributed by atoms with E-state index in [9.17, 15) is 9.59 Å². The highest BCUT2D eigenvalue weighted by atomic mass is 35.5. The molecule has 4 nitrogen and oxygen atoms in total. The maximum Gasteiger partial charge on any atom is 0.282 e. The van der Waals surface area contributed by atoms with E-state index in [2.05, 4.69) is 5.32 Å². The van der Waals surface area contributed by atoms with Crippen LogP contribution >= 0.6 is 23.4 Å². The second-order valence-corrected chi connectivity index (χ2v) is 5.43. The molecule has 0 unspecified atom stereocenters. The van der Waals surface area contributed by atoms with Gasteiger partial charge in [-0.05, 0) is 17.7 Å². The molecular formula is C12H13ClN2O2S. The van der Waals surface area contributed by atoms with E-state index in [1.54, 1.807) is 17.0 Å². The molecule has 1 N–H and O–H groups in total. The first-order valence-corrected chi connectivity index (χ1v) is 6.94. The van der Waals surface area contributed by atoms with E-state index in [0.717, 1.165) is 11.3 Å². The van der Waals surface area contributed by atoms with E-state index < -0.39 is 0 Å². The van der Waals surface area contributed by atoms with Gasteiger partial charge in [0.2, 0.25) is 5.91 Å². The lowest BCUT2D eigenvalue weighted by Gasteiger charge is -2.14. The molecule has 2 amide bonds. The Morgan fingerprint density at radius 2 is 2.33 bits per heavy atom. The van der Waals surface area contributed by atoms with Crippen molar-refractivity contribution in [2.75, 3.05) is 18.8 Å². The third kappa shape index (κ3) is 3.65. The van der Waals surface area contributed by atoms with Crippen LogP contribution in [0.3, 0.4) is 0 Å². The molecule has 2 rings (SSSR count). The predicted molar refractivity (Wildman–Crippen MR) is 72.7 cm³/mol.